The first kappa shape index (κ1) is 16.4. The summed E-state index contributed by atoms with van der Waals surface area (Å²) in [5.41, 5.74) is 4.74. The highest BCUT2D eigenvalue weighted by Gasteiger charge is 2.13. The topological polar surface area (TPSA) is 63.2 Å². The molecule has 0 spiro atoms. The Morgan fingerprint density at radius 1 is 1.19 bits per heavy atom. The highest BCUT2D eigenvalue weighted by atomic mass is 16.5. The third-order valence-electron chi connectivity index (χ3n) is 4.65. The summed E-state index contributed by atoms with van der Waals surface area (Å²) in [6.07, 6.45) is 2.77. The van der Waals surface area contributed by atoms with Gasteiger partial charge in [0.05, 0.1) is 6.61 Å². The number of pyridine rings is 1. The smallest absolute Gasteiger partial charge is 0.320 e. The minimum absolute atomic E-state index is 0.245. The maximum absolute atomic E-state index is 11.7. The van der Waals surface area contributed by atoms with E-state index in [0.717, 1.165) is 40.7 Å². The second-order valence-electron chi connectivity index (χ2n) is 6.49. The van der Waals surface area contributed by atoms with Gasteiger partial charge in [-0.3, -0.25) is 5.32 Å². The number of amides is 2. The van der Waals surface area contributed by atoms with Gasteiger partial charge in [0.25, 0.3) is 0 Å². The Morgan fingerprint density at radius 3 is 2.92 bits per heavy atom. The number of carbonyl (C=O) groups excluding carboxylic acids is 1. The van der Waals surface area contributed by atoms with Crippen LogP contribution in [-0.4, -0.2) is 24.2 Å². The molecule has 2 N–H and O–H groups in total. The van der Waals surface area contributed by atoms with Crippen LogP contribution in [0.25, 0.3) is 21.9 Å². The molecule has 5 nitrogen and oxygen atoms in total. The maximum atomic E-state index is 11.7. The van der Waals surface area contributed by atoms with E-state index in [1.54, 1.807) is 0 Å². The van der Waals surface area contributed by atoms with Crippen LogP contribution in [0, 0.1) is 6.92 Å². The molecular weight excluding hydrogens is 326 g/mol. The Balaban J connectivity index is 1.73. The largest absolute Gasteiger partial charge is 0.493 e. The van der Waals surface area contributed by atoms with Crippen molar-refractivity contribution in [1.29, 1.82) is 0 Å². The lowest BCUT2D eigenvalue weighted by Gasteiger charge is -2.11. The van der Waals surface area contributed by atoms with E-state index < -0.39 is 0 Å². The third-order valence-corrected chi connectivity index (χ3v) is 4.65. The average molecular weight is 347 g/mol. The van der Waals surface area contributed by atoms with E-state index in [1.165, 1.54) is 11.1 Å². The van der Waals surface area contributed by atoms with Crippen LogP contribution in [0.5, 0.6) is 5.75 Å². The van der Waals surface area contributed by atoms with E-state index in [1.807, 2.05) is 25.3 Å². The van der Waals surface area contributed by atoms with Crippen LogP contribution in [0.4, 0.5) is 10.6 Å². The van der Waals surface area contributed by atoms with Crippen LogP contribution in [0.3, 0.4) is 0 Å². The minimum Gasteiger partial charge on any atom is -0.493 e. The molecule has 0 aliphatic carbocycles. The maximum Gasteiger partial charge on any atom is 0.320 e. The van der Waals surface area contributed by atoms with Gasteiger partial charge in [-0.2, -0.15) is 0 Å². The van der Waals surface area contributed by atoms with Crippen molar-refractivity contribution in [1.82, 2.24) is 10.3 Å². The van der Waals surface area contributed by atoms with Crippen molar-refractivity contribution in [3.8, 4) is 16.9 Å². The third kappa shape index (κ3) is 3.08. The number of aromatic nitrogens is 1. The predicted molar refractivity (Wildman–Crippen MR) is 104 cm³/mol. The van der Waals surface area contributed by atoms with Gasteiger partial charge in [-0.05, 0) is 65.8 Å². The lowest BCUT2D eigenvalue weighted by molar-refractivity contribution is 0.252. The molecule has 1 aliphatic heterocycles. The van der Waals surface area contributed by atoms with Gasteiger partial charge in [0.15, 0.2) is 0 Å². The van der Waals surface area contributed by atoms with Gasteiger partial charge in [-0.25, -0.2) is 9.78 Å². The Bertz CT molecular complexity index is 998. The molecular formula is C21H21N3O2. The van der Waals surface area contributed by atoms with Gasteiger partial charge in [-0.15, -0.1) is 0 Å². The molecule has 0 saturated heterocycles. The van der Waals surface area contributed by atoms with Crippen molar-refractivity contribution in [2.24, 2.45) is 0 Å². The number of hydrogen-bond donors (Lipinski definition) is 2. The fourth-order valence-corrected chi connectivity index (χ4v) is 3.36. The summed E-state index contributed by atoms with van der Waals surface area (Å²) in [5.74, 6) is 1.53. The zero-order chi connectivity index (χ0) is 18.1. The lowest BCUT2D eigenvalue weighted by atomic mass is 9.97. The van der Waals surface area contributed by atoms with Crippen molar-refractivity contribution in [3.63, 3.8) is 0 Å². The van der Waals surface area contributed by atoms with E-state index >= 15 is 0 Å². The fourth-order valence-electron chi connectivity index (χ4n) is 3.36. The molecule has 132 valence electrons. The molecule has 2 heterocycles. The van der Waals surface area contributed by atoms with Crippen molar-refractivity contribution in [2.75, 3.05) is 18.5 Å². The summed E-state index contributed by atoms with van der Waals surface area (Å²) in [6, 6.07) is 12.3. The highest BCUT2D eigenvalue weighted by molar-refractivity contribution is 5.94. The molecule has 0 fully saturated rings. The van der Waals surface area contributed by atoms with Crippen molar-refractivity contribution < 1.29 is 9.53 Å². The molecule has 3 aromatic rings. The fraction of sp³-hybridized carbons (Fsp3) is 0.238. The summed E-state index contributed by atoms with van der Waals surface area (Å²) in [6.45, 7) is 5.30. The van der Waals surface area contributed by atoms with Crippen molar-refractivity contribution in [3.05, 3.63) is 53.7 Å². The van der Waals surface area contributed by atoms with Crippen LogP contribution >= 0.6 is 0 Å². The van der Waals surface area contributed by atoms with E-state index in [9.17, 15) is 4.79 Å². The number of rotatable bonds is 3. The molecule has 2 amide bonds. The van der Waals surface area contributed by atoms with Gasteiger partial charge in [0.2, 0.25) is 0 Å². The molecule has 4 rings (SSSR count). The summed E-state index contributed by atoms with van der Waals surface area (Å²) in [4.78, 5) is 16.1. The lowest BCUT2D eigenvalue weighted by Crippen LogP contribution is -2.28. The summed E-state index contributed by atoms with van der Waals surface area (Å²) >= 11 is 0. The van der Waals surface area contributed by atoms with Crippen molar-refractivity contribution in [2.45, 2.75) is 20.3 Å². The van der Waals surface area contributed by atoms with Crippen LogP contribution in [0.1, 0.15) is 18.1 Å². The zero-order valence-corrected chi connectivity index (χ0v) is 14.9. The molecule has 0 unspecified atom stereocenters. The summed E-state index contributed by atoms with van der Waals surface area (Å²) in [5, 5.41) is 7.62. The number of urea groups is 1. The second-order valence-corrected chi connectivity index (χ2v) is 6.49. The Labute approximate surface area is 152 Å². The van der Waals surface area contributed by atoms with E-state index in [4.69, 9.17) is 4.74 Å². The Kier molecular flexibility index (Phi) is 4.21. The van der Waals surface area contributed by atoms with Crippen molar-refractivity contribution >= 4 is 22.6 Å². The van der Waals surface area contributed by atoms with Gasteiger partial charge >= 0.3 is 6.03 Å². The Hall–Kier alpha value is -3.08. The molecule has 2 aromatic carbocycles. The molecule has 0 saturated carbocycles. The number of carbonyl (C=O) groups is 1. The summed E-state index contributed by atoms with van der Waals surface area (Å²) in [7, 11) is 0. The monoisotopic (exact) mass is 347 g/mol. The molecule has 26 heavy (non-hydrogen) atoms. The first-order chi connectivity index (χ1) is 12.6. The van der Waals surface area contributed by atoms with E-state index in [-0.39, 0.29) is 6.03 Å². The summed E-state index contributed by atoms with van der Waals surface area (Å²) < 4.78 is 5.60. The number of nitrogens with one attached hydrogen (secondary N) is 2. The predicted octanol–water partition coefficient (Wildman–Crippen LogP) is 4.29. The quantitative estimate of drug-likeness (QED) is 0.743. The first-order valence-electron chi connectivity index (χ1n) is 8.85. The van der Waals surface area contributed by atoms with Gasteiger partial charge < -0.3 is 10.1 Å². The standard InChI is InChI=1S/C21H21N3O2/c1-3-22-21(25)24-20-11-17-10-16(8-13(2)18(17)12-23-20)14-4-5-19-15(9-14)6-7-26-19/h4-5,8-12H,3,6-7H2,1-2H3,(H2,22,23,24,25). The molecule has 0 radical (unpaired) electrons. The highest BCUT2D eigenvalue weighted by Crippen LogP contribution is 2.33. The number of ether oxygens (including phenoxy) is 1. The number of anilines is 1. The SMILES string of the molecule is CCNC(=O)Nc1cc2cc(-c3ccc4c(c3)CCO4)cc(C)c2cn1. The number of aryl methyl sites for hydroxylation is 1. The van der Waals surface area contributed by atoms with E-state index in [2.05, 4.69) is 46.8 Å². The van der Waals surface area contributed by atoms with Crippen LogP contribution in [0.2, 0.25) is 0 Å². The van der Waals surface area contributed by atoms with Gasteiger partial charge in [-0.1, -0.05) is 12.1 Å². The number of hydrogen-bond acceptors (Lipinski definition) is 3. The number of nitrogens with zero attached hydrogens (tertiary/aromatic N) is 1. The molecule has 0 bridgehead atoms. The van der Waals surface area contributed by atoms with E-state index in [0.29, 0.717) is 12.4 Å². The minimum atomic E-state index is -0.245. The number of benzene rings is 2. The van der Waals surface area contributed by atoms with Crippen LogP contribution in [-0.2, 0) is 6.42 Å². The van der Waals surface area contributed by atoms with Crippen LogP contribution in [0.15, 0.2) is 42.6 Å². The molecule has 1 aliphatic rings. The normalized spacial score (nSPS) is 12.5. The number of fused-ring (bicyclic) bond motifs is 2. The molecule has 0 atom stereocenters. The van der Waals surface area contributed by atoms with Gasteiger partial charge in [0.1, 0.15) is 11.6 Å². The molecule has 5 heteroatoms. The average Bonchev–Trinajstić information content (AvgIpc) is 3.09. The second kappa shape index (κ2) is 6.67. The first-order valence-corrected chi connectivity index (χ1v) is 8.85. The molecule has 1 aromatic heterocycles. The zero-order valence-electron chi connectivity index (χ0n) is 14.9. The van der Waals surface area contributed by atoms with Crippen LogP contribution < -0.4 is 15.4 Å². The Morgan fingerprint density at radius 2 is 2.08 bits per heavy atom. The van der Waals surface area contributed by atoms with Gasteiger partial charge in [0, 0.05) is 24.5 Å².